The lowest BCUT2D eigenvalue weighted by Gasteiger charge is -2.14. The van der Waals surface area contributed by atoms with Crippen molar-refractivity contribution in [1.82, 2.24) is 14.9 Å². The maximum absolute atomic E-state index is 13.0. The molecule has 0 unspecified atom stereocenters. The van der Waals surface area contributed by atoms with E-state index in [9.17, 15) is 22.8 Å². The fourth-order valence-electron chi connectivity index (χ4n) is 2.55. The van der Waals surface area contributed by atoms with Crippen LogP contribution in [0.4, 0.5) is 13.2 Å². The van der Waals surface area contributed by atoms with Gasteiger partial charge in [0.2, 0.25) is 5.91 Å². The van der Waals surface area contributed by atoms with Gasteiger partial charge in [0.1, 0.15) is 12.3 Å². The van der Waals surface area contributed by atoms with Crippen molar-refractivity contribution in [3.63, 3.8) is 0 Å². The molecule has 0 bridgehead atoms. The molecule has 3 rings (SSSR count). The molecule has 0 saturated carbocycles. The number of halogens is 3. The molecule has 0 atom stereocenters. The second kappa shape index (κ2) is 8.56. The number of nitrogens with zero attached hydrogens (tertiary/aromatic N) is 2. The highest BCUT2D eigenvalue weighted by Gasteiger charge is 2.27. The molecule has 1 N–H and O–H groups in total. The lowest BCUT2D eigenvalue weighted by molar-refractivity contribution is -0.136. The maximum atomic E-state index is 13.0. The number of thioether (sulfide) groups is 1. The number of amides is 1. The number of carbonyl (C=O) groups excluding carboxylic acids is 1. The molecule has 6 nitrogen and oxygen atoms in total. The Balaban J connectivity index is 1.96. The van der Waals surface area contributed by atoms with E-state index >= 15 is 0 Å². The van der Waals surface area contributed by atoms with E-state index in [2.05, 4.69) is 4.98 Å². The van der Waals surface area contributed by atoms with Gasteiger partial charge in [-0.3, -0.25) is 14.2 Å². The van der Waals surface area contributed by atoms with E-state index in [0.717, 1.165) is 11.8 Å². The second-order valence-electron chi connectivity index (χ2n) is 5.93. The fraction of sp³-hybridized carbons (Fsp3) is 0.211. The summed E-state index contributed by atoms with van der Waals surface area (Å²) >= 11 is 0.881. The van der Waals surface area contributed by atoms with E-state index in [0.29, 0.717) is 22.3 Å². The molecule has 0 aliphatic carbocycles. The Kier molecular flexibility index (Phi) is 6.12. The predicted octanol–water partition coefficient (Wildman–Crippen LogP) is 3.16. The minimum absolute atomic E-state index is 0.195. The summed E-state index contributed by atoms with van der Waals surface area (Å²) in [5.74, 6) is -0.538. The molecular weight excluding hydrogens is 407 g/mol. The molecule has 3 aromatic rings. The topological polar surface area (TPSA) is 73.2 Å². The standard InChI is InChI=1S/C19H16F3N3O3S/c1-28-13-8-6-12(7-9-13)25-17(27)14-4-2-3-5-15(14)24-18(25)29-10-16(26)23-11-19(20,21)22/h2-9H,10-11H2,1H3,(H,23,26). The Bertz CT molecular complexity index is 1080. The van der Waals surface area contributed by atoms with Crippen LogP contribution in [0.3, 0.4) is 0 Å². The molecular formula is C19H16F3N3O3S. The van der Waals surface area contributed by atoms with Gasteiger partial charge < -0.3 is 10.1 Å². The number of benzene rings is 2. The summed E-state index contributed by atoms with van der Waals surface area (Å²) in [6, 6.07) is 13.4. The summed E-state index contributed by atoms with van der Waals surface area (Å²) in [5.41, 5.74) is 0.576. The van der Waals surface area contributed by atoms with Gasteiger partial charge in [-0.2, -0.15) is 13.2 Å². The first-order valence-electron chi connectivity index (χ1n) is 8.41. The van der Waals surface area contributed by atoms with Crippen LogP contribution < -0.4 is 15.6 Å². The van der Waals surface area contributed by atoms with Gasteiger partial charge in [0, 0.05) is 0 Å². The normalized spacial score (nSPS) is 11.4. The lowest BCUT2D eigenvalue weighted by atomic mass is 10.2. The van der Waals surface area contributed by atoms with E-state index in [1.165, 1.54) is 11.7 Å². The van der Waals surface area contributed by atoms with Crippen molar-refractivity contribution in [2.24, 2.45) is 0 Å². The number of nitrogens with one attached hydrogen (secondary N) is 1. The van der Waals surface area contributed by atoms with Crippen molar-refractivity contribution in [1.29, 1.82) is 0 Å². The lowest BCUT2D eigenvalue weighted by Crippen LogP contribution is -2.35. The minimum Gasteiger partial charge on any atom is -0.497 e. The van der Waals surface area contributed by atoms with E-state index < -0.39 is 18.6 Å². The van der Waals surface area contributed by atoms with Crippen LogP contribution in [0, 0.1) is 0 Å². The molecule has 1 amide bonds. The molecule has 0 aliphatic rings. The number of ether oxygens (including phenoxy) is 1. The van der Waals surface area contributed by atoms with Crippen LogP contribution in [0.2, 0.25) is 0 Å². The predicted molar refractivity (Wildman–Crippen MR) is 104 cm³/mol. The average Bonchev–Trinajstić information content (AvgIpc) is 2.70. The third-order valence-corrected chi connectivity index (χ3v) is 4.83. The third kappa shape index (κ3) is 5.08. The SMILES string of the molecule is COc1ccc(-n2c(SCC(=O)NCC(F)(F)F)nc3ccccc3c2=O)cc1. The Hall–Kier alpha value is -3.01. The van der Waals surface area contributed by atoms with Crippen LogP contribution in [-0.2, 0) is 4.79 Å². The Morgan fingerprint density at radius 1 is 1.17 bits per heavy atom. The smallest absolute Gasteiger partial charge is 0.405 e. The van der Waals surface area contributed by atoms with Crippen LogP contribution in [0.1, 0.15) is 0 Å². The number of para-hydroxylation sites is 1. The first-order valence-corrected chi connectivity index (χ1v) is 9.39. The highest BCUT2D eigenvalue weighted by atomic mass is 32.2. The first-order chi connectivity index (χ1) is 13.8. The Morgan fingerprint density at radius 2 is 1.86 bits per heavy atom. The molecule has 0 fully saturated rings. The summed E-state index contributed by atoms with van der Waals surface area (Å²) in [6.07, 6.45) is -4.49. The van der Waals surface area contributed by atoms with Crippen LogP contribution in [0.15, 0.2) is 58.5 Å². The molecule has 0 spiro atoms. The zero-order valence-corrected chi connectivity index (χ0v) is 16.0. The highest BCUT2D eigenvalue weighted by molar-refractivity contribution is 7.99. The summed E-state index contributed by atoms with van der Waals surface area (Å²) in [4.78, 5) is 29.2. The van der Waals surface area contributed by atoms with Crippen LogP contribution >= 0.6 is 11.8 Å². The number of aromatic nitrogens is 2. The highest BCUT2D eigenvalue weighted by Crippen LogP contribution is 2.23. The molecule has 29 heavy (non-hydrogen) atoms. The van der Waals surface area contributed by atoms with Crippen molar-refractivity contribution in [3.05, 3.63) is 58.9 Å². The van der Waals surface area contributed by atoms with Gasteiger partial charge in [-0.25, -0.2) is 4.98 Å². The van der Waals surface area contributed by atoms with Gasteiger partial charge in [-0.1, -0.05) is 23.9 Å². The van der Waals surface area contributed by atoms with E-state index in [4.69, 9.17) is 4.74 Å². The molecule has 152 valence electrons. The molecule has 2 aromatic carbocycles. The van der Waals surface area contributed by atoms with Crippen molar-refractivity contribution in [2.75, 3.05) is 19.4 Å². The minimum atomic E-state index is -4.49. The van der Waals surface area contributed by atoms with Crippen molar-refractivity contribution < 1.29 is 22.7 Å². The first kappa shape index (κ1) is 20.7. The molecule has 1 aromatic heterocycles. The van der Waals surface area contributed by atoms with Gasteiger partial charge in [-0.15, -0.1) is 0 Å². The van der Waals surface area contributed by atoms with Gasteiger partial charge in [-0.05, 0) is 36.4 Å². The molecule has 0 radical (unpaired) electrons. The third-order valence-electron chi connectivity index (χ3n) is 3.89. The monoisotopic (exact) mass is 423 g/mol. The van der Waals surface area contributed by atoms with Crippen molar-refractivity contribution in [2.45, 2.75) is 11.3 Å². The van der Waals surface area contributed by atoms with E-state index in [-0.39, 0.29) is 16.5 Å². The molecule has 0 aliphatic heterocycles. The van der Waals surface area contributed by atoms with Gasteiger partial charge >= 0.3 is 6.18 Å². The number of fused-ring (bicyclic) bond motifs is 1. The second-order valence-corrected chi connectivity index (χ2v) is 6.87. The molecule has 0 saturated heterocycles. The summed E-state index contributed by atoms with van der Waals surface area (Å²) in [6.45, 7) is -1.41. The van der Waals surface area contributed by atoms with E-state index in [1.54, 1.807) is 53.8 Å². The average molecular weight is 423 g/mol. The van der Waals surface area contributed by atoms with Gasteiger partial charge in [0.25, 0.3) is 5.56 Å². The fourth-order valence-corrected chi connectivity index (χ4v) is 3.39. The van der Waals surface area contributed by atoms with E-state index in [1.807, 2.05) is 0 Å². The maximum Gasteiger partial charge on any atom is 0.405 e. The van der Waals surface area contributed by atoms with Gasteiger partial charge in [0.05, 0.1) is 29.5 Å². The molecule has 1 heterocycles. The van der Waals surface area contributed by atoms with Crippen LogP contribution in [-0.4, -0.2) is 41.0 Å². The number of carbonyl (C=O) groups is 1. The van der Waals surface area contributed by atoms with Crippen LogP contribution in [0.25, 0.3) is 16.6 Å². The summed E-state index contributed by atoms with van der Waals surface area (Å²) < 4.78 is 43.2. The van der Waals surface area contributed by atoms with Crippen molar-refractivity contribution >= 4 is 28.6 Å². The largest absolute Gasteiger partial charge is 0.497 e. The number of methoxy groups -OCH3 is 1. The Morgan fingerprint density at radius 3 is 2.52 bits per heavy atom. The van der Waals surface area contributed by atoms with Crippen molar-refractivity contribution in [3.8, 4) is 11.4 Å². The number of rotatable bonds is 6. The van der Waals surface area contributed by atoms with Crippen LogP contribution in [0.5, 0.6) is 5.75 Å². The Labute approximate surface area is 167 Å². The zero-order chi connectivity index (χ0) is 21.0. The number of hydrogen-bond acceptors (Lipinski definition) is 5. The number of hydrogen-bond donors (Lipinski definition) is 1. The molecule has 10 heteroatoms. The summed E-state index contributed by atoms with van der Waals surface area (Å²) in [7, 11) is 1.51. The quantitative estimate of drug-likeness (QED) is 0.487. The van der Waals surface area contributed by atoms with Gasteiger partial charge in [0.15, 0.2) is 5.16 Å². The summed E-state index contributed by atoms with van der Waals surface area (Å²) in [5, 5.41) is 2.38. The number of alkyl halides is 3. The zero-order valence-electron chi connectivity index (χ0n) is 15.2.